The third-order valence-corrected chi connectivity index (χ3v) is 1.66. The molecule has 0 saturated heterocycles. The van der Waals surface area contributed by atoms with Gasteiger partial charge in [0.05, 0.1) is 5.56 Å². The summed E-state index contributed by atoms with van der Waals surface area (Å²) in [7, 11) is 0. The number of aromatic nitrogens is 2. The van der Waals surface area contributed by atoms with Crippen LogP contribution in [0, 0.1) is 5.41 Å². The predicted octanol–water partition coefficient (Wildman–Crippen LogP) is 0.401. The van der Waals surface area contributed by atoms with Crippen LogP contribution in [-0.4, -0.2) is 13.7 Å². The van der Waals surface area contributed by atoms with Crippen LogP contribution in [0.25, 0.3) is 0 Å². The van der Waals surface area contributed by atoms with Crippen molar-refractivity contribution in [3.05, 3.63) is 11.9 Å². The number of rotatable bonds is 1. The molecule has 1 heterocycles. The molecular weight excluding hydrogens is 257 g/mol. The molecule has 0 amide bonds. The maximum Gasteiger partial charge on any atom is 0.138 e. The van der Waals surface area contributed by atoms with Crippen LogP contribution < -0.4 is 11.5 Å². The summed E-state index contributed by atoms with van der Waals surface area (Å²) >= 11 is 1.80. The second-order valence-corrected chi connectivity index (χ2v) is 2.91. The van der Waals surface area contributed by atoms with Crippen LogP contribution in [0.5, 0.6) is 0 Å². The minimum atomic E-state index is 0.247. The van der Waals surface area contributed by atoms with Gasteiger partial charge in [0.25, 0.3) is 0 Å². The van der Waals surface area contributed by atoms with Crippen LogP contribution in [0.3, 0.4) is 0 Å². The molecule has 0 aliphatic heterocycles. The zero-order valence-electron chi connectivity index (χ0n) is 5.50. The van der Waals surface area contributed by atoms with Crippen molar-refractivity contribution in [1.29, 1.82) is 5.41 Å². The van der Waals surface area contributed by atoms with Crippen molar-refractivity contribution >= 4 is 37.9 Å². The summed E-state index contributed by atoms with van der Waals surface area (Å²) in [5.74, 6) is 0.494. The van der Waals surface area contributed by atoms with Crippen molar-refractivity contribution in [3.8, 4) is 0 Å². The van der Waals surface area contributed by atoms with Crippen LogP contribution in [0.15, 0.2) is 6.33 Å². The lowest BCUT2D eigenvalue weighted by molar-refractivity contribution is 1.18. The molecule has 0 fully saturated rings. The van der Waals surface area contributed by atoms with Gasteiger partial charge in [-0.1, -0.05) is 0 Å². The van der Waals surface area contributed by atoms with E-state index in [9.17, 15) is 0 Å². The van der Waals surface area contributed by atoms with E-state index in [-0.39, 0.29) is 15.4 Å². The number of nitrogens with zero attached hydrogens (tertiary/aromatic N) is 2. The normalized spacial score (nSPS) is 9.55. The molecule has 1 rings (SSSR count). The third-order valence-electron chi connectivity index (χ3n) is 1.13. The molecule has 58 valence electrons. The van der Waals surface area contributed by atoms with E-state index in [2.05, 4.69) is 9.97 Å². The Morgan fingerprint density at radius 3 is 2.09 bits per heavy atom. The molecule has 0 saturated carbocycles. The molecule has 1 aromatic rings. The Kier molecular flexibility index (Phi) is 2.22. The number of nitrogens with two attached hydrogens (primary N) is 2. The zero-order chi connectivity index (χ0) is 8.43. The van der Waals surface area contributed by atoms with Crippen LogP contribution in [0.1, 0.15) is 5.56 Å². The van der Waals surface area contributed by atoms with Crippen LogP contribution >= 0.6 is 22.6 Å². The van der Waals surface area contributed by atoms with Crippen molar-refractivity contribution in [2.24, 2.45) is 0 Å². The van der Waals surface area contributed by atoms with Gasteiger partial charge in [0.2, 0.25) is 0 Å². The number of nitrogens with one attached hydrogen (secondary N) is 1. The summed E-state index contributed by atoms with van der Waals surface area (Å²) < 4.78 is 0.248. The highest BCUT2D eigenvalue weighted by Gasteiger charge is 2.08. The Balaban J connectivity index is 3.32. The standard InChI is InChI=1S/C5H6IN5/c6-3(7)2-4(8)10-1-11-5(2)9/h1,7H,(H4,8,9,10,11). The van der Waals surface area contributed by atoms with Crippen LogP contribution in [0.4, 0.5) is 11.6 Å². The van der Waals surface area contributed by atoms with E-state index in [0.29, 0.717) is 5.56 Å². The van der Waals surface area contributed by atoms with E-state index in [1.54, 1.807) is 22.6 Å². The molecule has 5 nitrogen and oxygen atoms in total. The molecule has 0 bridgehead atoms. The van der Waals surface area contributed by atoms with Gasteiger partial charge in [0.15, 0.2) is 0 Å². The Morgan fingerprint density at radius 2 is 1.82 bits per heavy atom. The first-order valence-corrected chi connectivity index (χ1v) is 3.81. The number of nitrogen functional groups attached to an aromatic ring is 2. The van der Waals surface area contributed by atoms with Gasteiger partial charge in [0.1, 0.15) is 21.7 Å². The second-order valence-electron chi connectivity index (χ2n) is 1.83. The lowest BCUT2D eigenvalue weighted by atomic mass is 10.3. The summed E-state index contributed by atoms with van der Waals surface area (Å²) in [5, 5.41) is 7.26. The lowest BCUT2D eigenvalue weighted by Crippen LogP contribution is -2.06. The molecule has 0 aliphatic carbocycles. The fourth-order valence-corrected chi connectivity index (χ4v) is 1.19. The quantitative estimate of drug-likeness (QED) is 0.504. The molecule has 6 heteroatoms. The molecule has 0 radical (unpaired) electrons. The van der Waals surface area contributed by atoms with E-state index in [4.69, 9.17) is 16.9 Å². The van der Waals surface area contributed by atoms with E-state index < -0.39 is 0 Å². The minimum absolute atomic E-state index is 0.247. The molecule has 11 heavy (non-hydrogen) atoms. The van der Waals surface area contributed by atoms with Crippen LogP contribution in [-0.2, 0) is 0 Å². The molecule has 0 spiro atoms. The number of halogens is 1. The van der Waals surface area contributed by atoms with E-state index >= 15 is 0 Å². The SMILES string of the molecule is N=C(I)c1c(N)ncnc1N. The highest BCUT2D eigenvalue weighted by molar-refractivity contribution is 14.1. The Labute approximate surface area is 76.9 Å². The van der Waals surface area contributed by atoms with Gasteiger partial charge < -0.3 is 11.5 Å². The maximum atomic E-state index is 7.26. The molecule has 0 unspecified atom stereocenters. The van der Waals surface area contributed by atoms with Gasteiger partial charge in [-0.2, -0.15) is 0 Å². The summed E-state index contributed by atoms with van der Waals surface area (Å²) in [6.45, 7) is 0. The van der Waals surface area contributed by atoms with Crippen molar-refractivity contribution in [1.82, 2.24) is 9.97 Å². The minimum Gasteiger partial charge on any atom is -0.383 e. The van der Waals surface area contributed by atoms with Crippen LogP contribution in [0.2, 0.25) is 0 Å². The second kappa shape index (κ2) is 2.99. The van der Waals surface area contributed by atoms with Crippen molar-refractivity contribution in [3.63, 3.8) is 0 Å². The number of hydrogen-bond acceptors (Lipinski definition) is 5. The highest BCUT2D eigenvalue weighted by atomic mass is 127. The summed E-state index contributed by atoms with van der Waals surface area (Å²) in [4.78, 5) is 7.40. The van der Waals surface area contributed by atoms with Gasteiger partial charge in [-0.25, -0.2) is 9.97 Å². The average molecular weight is 263 g/mol. The smallest absolute Gasteiger partial charge is 0.138 e. The Bertz CT molecular complexity index is 277. The molecule has 1 aromatic heterocycles. The highest BCUT2D eigenvalue weighted by Crippen LogP contribution is 2.16. The van der Waals surface area contributed by atoms with E-state index in [1.807, 2.05) is 0 Å². The van der Waals surface area contributed by atoms with Crippen molar-refractivity contribution in [2.75, 3.05) is 11.5 Å². The molecular formula is C5H6IN5. The zero-order valence-corrected chi connectivity index (χ0v) is 7.66. The molecule has 0 aliphatic rings. The monoisotopic (exact) mass is 263 g/mol. The molecule has 0 aromatic carbocycles. The first-order chi connectivity index (χ1) is 5.13. The summed E-state index contributed by atoms with van der Waals surface area (Å²) in [6.07, 6.45) is 1.27. The third kappa shape index (κ3) is 1.56. The fraction of sp³-hybridized carbons (Fsp3) is 0. The van der Waals surface area contributed by atoms with Crippen molar-refractivity contribution in [2.45, 2.75) is 0 Å². The lowest BCUT2D eigenvalue weighted by Gasteiger charge is -2.02. The number of hydrogen-bond donors (Lipinski definition) is 3. The summed E-state index contributed by atoms with van der Waals surface area (Å²) in [6, 6.07) is 0. The van der Waals surface area contributed by atoms with Crippen molar-refractivity contribution < 1.29 is 0 Å². The maximum absolute atomic E-state index is 7.26. The van der Waals surface area contributed by atoms with Gasteiger partial charge >= 0.3 is 0 Å². The van der Waals surface area contributed by atoms with Gasteiger partial charge in [0, 0.05) is 0 Å². The molecule has 0 atom stereocenters. The number of anilines is 2. The van der Waals surface area contributed by atoms with E-state index in [0.717, 1.165) is 0 Å². The first kappa shape index (κ1) is 8.18. The topological polar surface area (TPSA) is 102 Å². The first-order valence-electron chi connectivity index (χ1n) is 2.73. The fourth-order valence-electron chi connectivity index (χ4n) is 0.638. The Hall–Kier alpha value is -0.920. The largest absolute Gasteiger partial charge is 0.383 e. The summed E-state index contributed by atoms with van der Waals surface area (Å²) in [5.41, 5.74) is 11.3. The van der Waals surface area contributed by atoms with Gasteiger partial charge in [-0.05, 0) is 22.6 Å². The molecule has 5 N–H and O–H groups in total. The predicted molar refractivity (Wildman–Crippen MR) is 51.7 cm³/mol. The van der Waals surface area contributed by atoms with E-state index in [1.165, 1.54) is 6.33 Å². The van der Waals surface area contributed by atoms with Gasteiger partial charge in [-0.15, -0.1) is 0 Å². The van der Waals surface area contributed by atoms with Gasteiger partial charge in [-0.3, -0.25) is 5.41 Å². The Morgan fingerprint density at radius 1 is 1.36 bits per heavy atom. The average Bonchev–Trinajstić information content (AvgIpc) is 1.85.